The number of benzene rings is 1. The fourth-order valence-corrected chi connectivity index (χ4v) is 3.08. The van der Waals surface area contributed by atoms with Gasteiger partial charge in [-0.15, -0.1) is 0 Å². The van der Waals surface area contributed by atoms with Gasteiger partial charge in [0.2, 0.25) is 0 Å². The molecule has 8 heteroatoms. The summed E-state index contributed by atoms with van der Waals surface area (Å²) in [6.07, 6.45) is -1.42. The number of H-pyrrole nitrogens is 1. The maximum Gasteiger partial charge on any atom is 0.417 e. The first-order valence-electron chi connectivity index (χ1n) is 9.58. The number of hydrogen-bond acceptors (Lipinski definition) is 4. The minimum atomic E-state index is -4.58. The van der Waals surface area contributed by atoms with E-state index in [4.69, 9.17) is 0 Å². The Bertz CT molecular complexity index is 1090. The summed E-state index contributed by atoms with van der Waals surface area (Å²) in [5.41, 5.74) is 0.804. The van der Waals surface area contributed by atoms with Crippen molar-refractivity contribution in [2.24, 2.45) is 5.92 Å². The molecule has 0 fully saturated rings. The maximum absolute atomic E-state index is 13.7. The van der Waals surface area contributed by atoms with Gasteiger partial charge in [0, 0.05) is 36.1 Å². The van der Waals surface area contributed by atoms with Crippen LogP contribution in [0.4, 0.5) is 13.2 Å². The van der Waals surface area contributed by atoms with Crippen LogP contribution in [0.2, 0.25) is 0 Å². The quantitative estimate of drug-likeness (QED) is 0.618. The normalized spacial score (nSPS) is 11.8. The van der Waals surface area contributed by atoms with E-state index in [-0.39, 0.29) is 17.1 Å². The molecular formula is C22H23F3N4O. The van der Waals surface area contributed by atoms with Crippen LogP contribution in [-0.2, 0) is 12.7 Å². The molecule has 0 atom stereocenters. The highest BCUT2D eigenvalue weighted by molar-refractivity contribution is 5.66. The first kappa shape index (κ1) is 21.7. The van der Waals surface area contributed by atoms with Crippen molar-refractivity contribution in [2.75, 3.05) is 6.54 Å². The van der Waals surface area contributed by atoms with Gasteiger partial charge >= 0.3 is 6.18 Å². The lowest BCUT2D eigenvalue weighted by atomic mass is 10.0. The largest absolute Gasteiger partial charge is 0.417 e. The van der Waals surface area contributed by atoms with Gasteiger partial charge in [0.15, 0.2) is 0 Å². The third-order valence-corrected chi connectivity index (χ3v) is 4.44. The number of halogens is 3. The van der Waals surface area contributed by atoms with Crippen LogP contribution in [0, 0.1) is 12.8 Å². The number of rotatable bonds is 6. The van der Waals surface area contributed by atoms with E-state index in [0.717, 1.165) is 18.2 Å². The van der Waals surface area contributed by atoms with E-state index < -0.39 is 17.3 Å². The molecule has 0 saturated carbocycles. The number of aryl methyl sites for hydroxylation is 1. The highest BCUT2D eigenvalue weighted by Crippen LogP contribution is 2.36. The van der Waals surface area contributed by atoms with E-state index >= 15 is 0 Å². The van der Waals surface area contributed by atoms with Crippen molar-refractivity contribution in [1.29, 1.82) is 0 Å². The minimum absolute atomic E-state index is 0.128. The molecule has 2 heterocycles. The van der Waals surface area contributed by atoms with Crippen molar-refractivity contribution in [3.05, 3.63) is 69.8 Å². The van der Waals surface area contributed by atoms with Crippen LogP contribution in [0.1, 0.15) is 30.5 Å². The third kappa shape index (κ3) is 5.33. The summed E-state index contributed by atoms with van der Waals surface area (Å²) in [5, 5.41) is 3.21. The Hall–Kier alpha value is -3.00. The van der Waals surface area contributed by atoms with Gasteiger partial charge in [-0.25, -0.2) is 4.98 Å². The monoisotopic (exact) mass is 416 g/mol. The average molecular weight is 416 g/mol. The molecule has 0 unspecified atom stereocenters. The van der Waals surface area contributed by atoms with Crippen molar-refractivity contribution in [3.63, 3.8) is 0 Å². The van der Waals surface area contributed by atoms with Crippen LogP contribution in [-0.4, -0.2) is 21.5 Å². The Kier molecular flexibility index (Phi) is 6.36. The molecular weight excluding hydrogens is 393 g/mol. The summed E-state index contributed by atoms with van der Waals surface area (Å²) >= 11 is 0. The van der Waals surface area contributed by atoms with Gasteiger partial charge in [-0.1, -0.05) is 19.9 Å². The van der Waals surface area contributed by atoms with Gasteiger partial charge in [-0.3, -0.25) is 9.78 Å². The smallest absolute Gasteiger partial charge is 0.312 e. The fraction of sp³-hybridized carbons (Fsp3) is 0.318. The molecule has 0 aliphatic rings. The zero-order valence-corrected chi connectivity index (χ0v) is 17.0. The number of pyridine rings is 1. The second-order valence-electron chi connectivity index (χ2n) is 7.63. The molecule has 0 radical (unpaired) electrons. The maximum atomic E-state index is 13.7. The van der Waals surface area contributed by atoms with Gasteiger partial charge in [-0.2, -0.15) is 13.2 Å². The third-order valence-electron chi connectivity index (χ3n) is 4.44. The number of alkyl halides is 3. The van der Waals surface area contributed by atoms with Crippen LogP contribution in [0.15, 0.2) is 47.5 Å². The van der Waals surface area contributed by atoms with Crippen LogP contribution < -0.4 is 10.9 Å². The molecule has 0 spiro atoms. The van der Waals surface area contributed by atoms with E-state index in [1.165, 1.54) is 24.4 Å². The number of nitrogens with one attached hydrogen (secondary N) is 2. The Morgan fingerprint density at radius 3 is 2.57 bits per heavy atom. The molecule has 0 saturated heterocycles. The number of nitrogens with zero attached hydrogens (tertiary/aromatic N) is 2. The number of aromatic nitrogens is 3. The minimum Gasteiger partial charge on any atom is -0.312 e. The van der Waals surface area contributed by atoms with E-state index in [9.17, 15) is 18.0 Å². The standard InChI is InChI=1S/C22H23F3N4O/c1-13(2)9-26-11-15-4-5-18(22(23,24)25)17(7-15)21-28-19(8-20(30)29-21)16-6-14(3)10-27-12-16/h4-8,10,12-13,26H,9,11H2,1-3H3,(H,28,29,30). The summed E-state index contributed by atoms with van der Waals surface area (Å²) in [6.45, 7) is 7.08. The molecule has 2 aromatic heterocycles. The Labute approximate surface area is 172 Å². The van der Waals surface area contributed by atoms with Gasteiger partial charge in [0.1, 0.15) is 5.82 Å². The van der Waals surface area contributed by atoms with Gasteiger partial charge in [-0.05, 0) is 48.7 Å². The van der Waals surface area contributed by atoms with Crippen molar-refractivity contribution in [2.45, 2.75) is 33.5 Å². The molecule has 0 amide bonds. The van der Waals surface area contributed by atoms with Crippen molar-refractivity contribution in [3.8, 4) is 22.6 Å². The predicted octanol–water partition coefficient (Wildman–Crippen LogP) is 4.57. The van der Waals surface area contributed by atoms with Crippen LogP contribution in [0.5, 0.6) is 0 Å². The van der Waals surface area contributed by atoms with Crippen LogP contribution in [0.3, 0.4) is 0 Å². The summed E-state index contributed by atoms with van der Waals surface area (Å²) < 4.78 is 41.0. The Morgan fingerprint density at radius 1 is 1.13 bits per heavy atom. The lowest BCUT2D eigenvalue weighted by molar-refractivity contribution is -0.137. The second-order valence-corrected chi connectivity index (χ2v) is 7.63. The average Bonchev–Trinajstić information content (AvgIpc) is 2.66. The second kappa shape index (κ2) is 8.79. The number of hydrogen-bond donors (Lipinski definition) is 2. The highest BCUT2D eigenvalue weighted by Gasteiger charge is 2.34. The van der Waals surface area contributed by atoms with Crippen molar-refractivity contribution in [1.82, 2.24) is 20.3 Å². The molecule has 3 rings (SSSR count). The summed E-state index contributed by atoms with van der Waals surface area (Å²) in [5.74, 6) is 0.286. The SMILES string of the molecule is Cc1cncc(-c2cc(=O)[nH]c(-c3cc(CNCC(C)C)ccc3C(F)(F)F)n2)c1. The molecule has 0 bridgehead atoms. The predicted molar refractivity (Wildman–Crippen MR) is 110 cm³/mol. The van der Waals surface area contributed by atoms with Gasteiger partial charge in [0.05, 0.1) is 11.3 Å². The molecule has 0 aliphatic heterocycles. The molecule has 30 heavy (non-hydrogen) atoms. The zero-order valence-electron chi connectivity index (χ0n) is 17.0. The molecule has 2 N–H and O–H groups in total. The lowest BCUT2D eigenvalue weighted by Gasteiger charge is -2.15. The van der Waals surface area contributed by atoms with Crippen molar-refractivity contribution < 1.29 is 13.2 Å². The molecule has 5 nitrogen and oxygen atoms in total. The van der Waals surface area contributed by atoms with Crippen molar-refractivity contribution >= 4 is 0 Å². The Balaban J connectivity index is 2.09. The van der Waals surface area contributed by atoms with E-state index in [1.807, 2.05) is 20.8 Å². The van der Waals surface area contributed by atoms with Crippen LogP contribution >= 0.6 is 0 Å². The fourth-order valence-electron chi connectivity index (χ4n) is 3.08. The first-order valence-corrected chi connectivity index (χ1v) is 9.58. The number of aromatic amines is 1. The van der Waals surface area contributed by atoms with E-state index in [0.29, 0.717) is 23.6 Å². The topological polar surface area (TPSA) is 70.7 Å². The lowest BCUT2D eigenvalue weighted by Crippen LogP contribution is -2.19. The highest BCUT2D eigenvalue weighted by atomic mass is 19.4. The summed E-state index contributed by atoms with van der Waals surface area (Å²) in [4.78, 5) is 23.1. The first-order chi connectivity index (χ1) is 14.1. The van der Waals surface area contributed by atoms with E-state index in [2.05, 4.69) is 20.3 Å². The summed E-state index contributed by atoms with van der Waals surface area (Å²) in [6, 6.07) is 6.91. The Morgan fingerprint density at radius 2 is 1.90 bits per heavy atom. The van der Waals surface area contributed by atoms with Crippen LogP contribution in [0.25, 0.3) is 22.6 Å². The van der Waals surface area contributed by atoms with Gasteiger partial charge < -0.3 is 10.3 Å². The molecule has 1 aromatic carbocycles. The molecule has 0 aliphatic carbocycles. The van der Waals surface area contributed by atoms with Gasteiger partial charge in [0.25, 0.3) is 5.56 Å². The molecule has 3 aromatic rings. The van der Waals surface area contributed by atoms with E-state index in [1.54, 1.807) is 12.3 Å². The molecule has 158 valence electrons. The summed E-state index contributed by atoms with van der Waals surface area (Å²) in [7, 11) is 0. The zero-order chi connectivity index (χ0) is 21.9.